The zero-order valence-electron chi connectivity index (χ0n) is 45.1. The Balaban J connectivity index is 0.000000214. The fourth-order valence-corrected chi connectivity index (χ4v) is 11.2. The number of nitrogens with zero attached hydrogens (tertiary/aromatic N) is 6. The molecule has 17 nitrogen and oxygen atoms in total. The van der Waals surface area contributed by atoms with Gasteiger partial charge in [0, 0.05) is 44.2 Å². The van der Waals surface area contributed by atoms with E-state index in [-0.39, 0.29) is 28.6 Å². The lowest BCUT2D eigenvalue weighted by molar-refractivity contribution is -0.138. The van der Waals surface area contributed by atoms with E-state index >= 15 is 0 Å². The van der Waals surface area contributed by atoms with Crippen LogP contribution in [-0.4, -0.2) is 80.5 Å². The molecule has 2 aromatic carbocycles. The van der Waals surface area contributed by atoms with Gasteiger partial charge in [-0.1, -0.05) is 6.07 Å². The van der Waals surface area contributed by atoms with Crippen LogP contribution in [0.25, 0.3) is 21.1 Å². The number of fused-ring (bicyclic) bond motifs is 2. The molecule has 2 aliphatic rings. The second-order valence-electron chi connectivity index (χ2n) is 19.2. The van der Waals surface area contributed by atoms with Crippen molar-refractivity contribution in [3.05, 3.63) is 175 Å². The van der Waals surface area contributed by atoms with Crippen LogP contribution in [0.4, 0.5) is 58.4 Å². The Kier molecular flexibility index (Phi) is 19.6. The predicted molar refractivity (Wildman–Crippen MR) is 294 cm³/mol. The Labute approximate surface area is 481 Å². The summed E-state index contributed by atoms with van der Waals surface area (Å²) in [5, 5.41) is 53.9. The van der Waals surface area contributed by atoms with E-state index < -0.39 is 70.8 Å². The van der Waals surface area contributed by atoms with Gasteiger partial charge in [-0.05, 0) is 152 Å². The zero-order chi connectivity index (χ0) is 61.5. The van der Waals surface area contributed by atoms with Crippen molar-refractivity contribution in [3.8, 4) is 21.1 Å². The van der Waals surface area contributed by atoms with Crippen molar-refractivity contribution < 1.29 is 79.8 Å². The Hall–Kier alpha value is -8.37. The fourth-order valence-electron chi connectivity index (χ4n) is 9.14. The molecule has 0 bridgehead atoms. The monoisotopic (exact) mass is 1210 g/mol. The number of hydrogen-bond acceptors (Lipinski definition) is 17. The predicted octanol–water partition coefficient (Wildman–Crippen LogP) is 12.2. The van der Waals surface area contributed by atoms with E-state index in [1.165, 1.54) is 41.9 Å². The minimum atomic E-state index is -4.51. The van der Waals surface area contributed by atoms with Gasteiger partial charge in [0.2, 0.25) is 0 Å². The second kappa shape index (κ2) is 26.0. The maximum absolute atomic E-state index is 14.8. The summed E-state index contributed by atoms with van der Waals surface area (Å²) >= 11 is 2.39. The third-order valence-electron chi connectivity index (χ3n) is 12.8. The Bertz CT molecular complexity index is 3710. The highest BCUT2D eigenvalue weighted by Gasteiger charge is 2.42. The molecule has 0 amide bonds. The summed E-state index contributed by atoms with van der Waals surface area (Å²) in [5.41, 5.74) is 0.0291. The number of aliphatic carboxylic acids is 2. The second-order valence-corrected chi connectivity index (χ2v) is 21.3. The Morgan fingerprint density at radius 2 is 1.04 bits per heavy atom. The summed E-state index contributed by atoms with van der Waals surface area (Å²) in [6.07, 6.45) is -0.628. The highest BCUT2D eigenvalue weighted by Crippen LogP contribution is 2.46. The summed E-state index contributed by atoms with van der Waals surface area (Å²) in [5.74, 6) is -3.27. The van der Waals surface area contributed by atoms with Crippen molar-refractivity contribution in [2.24, 2.45) is 0 Å². The molecule has 0 spiro atoms. The number of carboxylic acids is 2. The minimum Gasteiger partial charge on any atom is -0.481 e. The fraction of sp³-hybridized carbons (Fsp3) is 0.281. The Morgan fingerprint density at radius 3 is 1.44 bits per heavy atom. The third kappa shape index (κ3) is 15.2. The van der Waals surface area contributed by atoms with Gasteiger partial charge >= 0.3 is 18.3 Å². The molecule has 0 saturated heterocycles. The summed E-state index contributed by atoms with van der Waals surface area (Å²) in [6, 6.07) is 16.0. The van der Waals surface area contributed by atoms with Crippen LogP contribution < -0.4 is 10.6 Å². The number of rotatable bonds is 10. The topological polar surface area (TPSA) is 263 Å². The maximum Gasteiger partial charge on any atom is 0.416 e. The molecule has 0 saturated carbocycles. The van der Waals surface area contributed by atoms with Crippen molar-refractivity contribution in [1.29, 1.82) is 0 Å². The van der Waals surface area contributed by atoms with E-state index in [2.05, 4.69) is 45.3 Å². The van der Waals surface area contributed by atoms with Crippen LogP contribution >= 0.6 is 22.7 Å². The first-order valence-electron chi connectivity index (χ1n) is 25.2. The van der Waals surface area contributed by atoms with Crippen LogP contribution in [0, 0.1) is 25.5 Å². The molecule has 0 aliphatic heterocycles. The third-order valence-corrected chi connectivity index (χ3v) is 15.1. The van der Waals surface area contributed by atoms with E-state index in [1.807, 2.05) is 13.8 Å². The molecule has 0 fully saturated rings. The number of ether oxygens (including phenoxy) is 1. The van der Waals surface area contributed by atoms with Crippen molar-refractivity contribution >= 4 is 63.9 Å². The lowest BCUT2D eigenvalue weighted by Crippen LogP contribution is -2.32. The maximum atomic E-state index is 14.8. The summed E-state index contributed by atoms with van der Waals surface area (Å²) in [7, 11) is 1.17. The number of esters is 1. The number of hydrogen-bond donors (Lipinski definition) is 7. The number of aryl methyl sites for hydroxylation is 4. The van der Waals surface area contributed by atoms with Gasteiger partial charge in [0.25, 0.3) is 11.9 Å². The first kappa shape index (κ1) is 63.2. The zero-order valence-corrected chi connectivity index (χ0v) is 46.7. The number of carbonyl (C=O) groups is 3. The van der Waals surface area contributed by atoms with Crippen LogP contribution in [0.2, 0.25) is 0 Å². The molecule has 2 aliphatic carbocycles. The lowest BCUT2D eigenvalue weighted by Gasteiger charge is -2.33. The molecule has 6 heterocycles. The highest BCUT2D eigenvalue weighted by atomic mass is 32.1. The molecule has 8 aromatic rings. The smallest absolute Gasteiger partial charge is 0.416 e. The number of anilines is 4. The van der Waals surface area contributed by atoms with Gasteiger partial charge in [-0.25, -0.2) is 43.5 Å². The molecule has 2 atom stereocenters. The highest BCUT2D eigenvalue weighted by molar-refractivity contribution is 7.15. The van der Waals surface area contributed by atoms with E-state index in [4.69, 9.17) is 19.8 Å². The quantitative estimate of drug-likeness (QED) is 0.0496. The first-order chi connectivity index (χ1) is 39.5. The standard InChI is InChI=1S/C27H22F4N4O3S.C26H22F4N4O2S.2C2H4O2/c1-14-8-20(34-23(9-14)35-22-11-16(5-7-32-22)27(29,30)31)21-13-33-25(39-21)26(37)6-3-4-15-10-17(24(36)38-2)19(28)12-18(15)26;1-14-7-20(33-23(8-14)34-22-10-17(4-6-31-22)26(28,29)30)21-12-32-24(37-21)25(36)5-2-3-15-9-16(13-35)19(27)11-18(15)25;2*1-2(3)4/h5,7-13,37H,3-4,6H2,1-2H3,(H,32,34,35);4,6-12,35-36H,2-3,5,13H2,1H3,(H,31,33,34);2*1H3,(H,3,4). The number of thiazole rings is 2. The first-order valence-corrected chi connectivity index (χ1v) is 26.8. The molecule has 10 rings (SSSR count). The van der Waals surface area contributed by atoms with Gasteiger partial charge in [0.15, 0.2) is 0 Å². The van der Waals surface area contributed by atoms with E-state index in [0.717, 1.165) is 73.3 Å². The van der Waals surface area contributed by atoms with Crippen LogP contribution in [0.3, 0.4) is 0 Å². The van der Waals surface area contributed by atoms with E-state index in [1.54, 1.807) is 42.7 Å². The number of aliphatic hydroxyl groups excluding tert-OH is 1. The average molecular weight is 1210 g/mol. The number of alkyl halides is 6. The van der Waals surface area contributed by atoms with Gasteiger partial charge in [-0.2, -0.15) is 26.3 Å². The number of halogens is 8. The van der Waals surface area contributed by atoms with Crippen molar-refractivity contribution in [2.45, 2.75) is 96.4 Å². The van der Waals surface area contributed by atoms with Crippen LogP contribution in [-0.2, 0) is 57.3 Å². The van der Waals surface area contributed by atoms with Gasteiger partial charge in [0.05, 0.1) is 51.5 Å². The van der Waals surface area contributed by atoms with Gasteiger partial charge in [-0.3, -0.25) is 9.59 Å². The van der Waals surface area contributed by atoms with Crippen LogP contribution in [0.1, 0.15) is 110 Å². The number of aliphatic hydroxyl groups is 3. The number of benzene rings is 2. The molecule has 27 heteroatoms. The molecule has 2 unspecified atom stereocenters. The largest absolute Gasteiger partial charge is 0.481 e. The number of aromatic nitrogens is 6. The number of nitrogens with one attached hydrogen (secondary N) is 2. The lowest BCUT2D eigenvalue weighted by atomic mass is 9.78. The number of methoxy groups -OCH3 is 1. The molecular weight excluding hydrogens is 1160 g/mol. The molecule has 0 radical (unpaired) electrons. The van der Waals surface area contributed by atoms with Crippen LogP contribution in [0.5, 0.6) is 0 Å². The number of carbonyl (C=O) groups excluding carboxylic acids is 1. The van der Waals surface area contributed by atoms with Gasteiger partial charge in [-0.15, -0.1) is 22.7 Å². The summed E-state index contributed by atoms with van der Waals surface area (Å²) in [6.45, 7) is 5.37. The molecule has 442 valence electrons. The van der Waals surface area contributed by atoms with Crippen molar-refractivity contribution in [2.75, 3.05) is 17.7 Å². The number of pyridine rings is 4. The SMILES string of the molecule is CC(=O)O.CC(=O)O.COC(=O)c1cc2c(cc1F)C(O)(c1ncc(-c3cc(C)cc(Nc4cc(C(F)(F)F)ccn4)n3)s1)CCC2.Cc1cc(Nc2cc(C(F)(F)F)ccn2)nc(-c2cnc(C3(O)CCCc4cc(CO)c(F)cc43)s2)c1. The number of carboxylic acid groups (broad SMARTS) is 2. The van der Waals surface area contributed by atoms with Crippen molar-refractivity contribution in [3.63, 3.8) is 0 Å². The van der Waals surface area contributed by atoms with Crippen molar-refractivity contribution in [1.82, 2.24) is 29.9 Å². The van der Waals surface area contributed by atoms with E-state index in [0.29, 0.717) is 92.2 Å². The summed E-state index contributed by atoms with van der Waals surface area (Å²) < 4.78 is 112. The molecule has 6 aromatic heterocycles. The van der Waals surface area contributed by atoms with Gasteiger partial charge in [0.1, 0.15) is 56.1 Å². The van der Waals surface area contributed by atoms with E-state index in [9.17, 15) is 55.2 Å². The molecular formula is C57H52F8N8O9S2. The minimum absolute atomic E-state index is 0.00117. The molecule has 7 N–H and O–H groups in total. The molecule has 84 heavy (non-hydrogen) atoms. The van der Waals surface area contributed by atoms with Gasteiger partial charge < -0.3 is 40.9 Å². The normalized spacial score (nSPS) is 16.2. The average Bonchev–Trinajstić information content (AvgIpc) is 4.31. The summed E-state index contributed by atoms with van der Waals surface area (Å²) in [4.78, 5) is 57.0. The van der Waals surface area contributed by atoms with Crippen LogP contribution in [0.15, 0.2) is 97.6 Å². The Morgan fingerprint density at radius 1 is 0.619 bits per heavy atom.